The van der Waals surface area contributed by atoms with Crippen LogP contribution in [-0.2, 0) is 0 Å². The van der Waals surface area contributed by atoms with Crippen LogP contribution in [-0.4, -0.2) is 12.4 Å². The van der Waals surface area contributed by atoms with Gasteiger partial charge in [-0.2, -0.15) is 5.26 Å². The van der Waals surface area contributed by atoms with Crippen LogP contribution in [0.4, 0.5) is 5.69 Å². The Labute approximate surface area is 89.5 Å². The minimum atomic E-state index is 0.672. The second-order valence-corrected chi connectivity index (χ2v) is 3.57. The average molecular weight is 199 g/mol. The molecule has 0 saturated carbocycles. The van der Waals surface area contributed by atoms with Gasteiger partial charge >= 0.3 is 0 Å². The third kappa shape index (κ3) is 2.35. The van der Waals surface area contributed by atoms with Crippen molar-refractivity contribution >= 4 is 11.5 Å². The molecule has 0 unspecified atom stereocenters. The van der Waals surface area contributed by atoms with Gasteiger partial charge in [0.2, 0.25) is 0 Å². The summed E-state index contributed by atoms with van der Waals surface area (Å²) in [6.07, 6.45) is 3.34. The zero-order valence-electron chi connectivity index (χ0n) is 8.53. The SMILES string of the molecule is N#Cc1ccccc1NC1=NCCCC1. The smallest absolute Gasteiger partial charge is 0.101 e. The first-order chi connectivity index (χ1) is 7.40. The summed E-state index contributed by atoms with van der Waals surface area (Å²) in [4.78, 5) is 4.40. The lowest BCUT2D eigenvalue weighted by molar-refractivity contribution is 0.737. The molecular formula is C12H13N3. The molecule has 1 aromatic carbocycles. The second kappa shape index (κ2) is 4.61. The van der Waals surface area contributed by atoms with Crippen molar-refractivity contribution in [3.63, 3.8) is 0 Å². The summed E-state index contributed by atoms with van der Waals surface area (Å²) >= 11 is 0. The number of hydrogen-bond acceptors (Lipinski definition) is 3. The maximum absolute atomic E-state index is 8.92. The van der Waals surface area contributed by atoms with Crippen molar-refractivity contribution in [3.05, 3.63) is 29.8 Å². The van der Waals surface area contributed by atoms with Crippen LogP contribution in [0, 0.1) is 11.3 Å². The van der Waals surface area contributed by atoms with Gasteiger partial charge in [0, 0.05) is 13.0 Å². The molecule has 15 heavy (non-hydrogen) atoms. The minimum Gasteiger partial charge on any atom is -0.343 e. The Morgan fingerprint density at radius 2 is 2.13 bits per heavy atom. The molecule has 0 fully saturated rings. The Kier molecular flexibility index (Phi) is 2.99. The highest BCUT2D eigenvalue weighted by Gasteiger charge is 2.07. The van der Waals surface area contributed by atoms with Gasteiger partial charge in [-0.25, -0.2) is 0 Å². The molecule has 1 aromatic rings. The number of rotatable bonds is 1. The van der Waals surface area contributed by atoms with Gasteiger partial charge in [0.25, 0.3) is 0 Å². The molecule has 0 bridgehead atoms. The molecule has 0 atom stereocenters. The monoisotopic (exact) mass is 199 g/mol. The van der Waals surface area contributed by atoms with Gasteiger partial charge in [-0.3, -0.25) is 4.99 Å². The van der Waals surface area contributed by atoms with Crippen molar-refractivity contribution in [1.82, 2.24) is 0 Å². The molecular weight excluding hydrogens is 186 g/mol. The Morgan fingerprint density at radius 1 is 1.27 bits per heavy atom. The fourth-order valence-electron chi connectivity index (χ4n) is 1.64. The lowest BCUT2D eigenvalue weighted by Crippen LogP contribution is -2.16. The highest BCUT2D eigenvalue weighted by Crippen LogP contribution is 2.16. The third-order valence-corrected chi connectivity index (χ3v) is 2.45. The number of benzene rings is 1. The van der Waals surface area contributed by atoms with Crippen LogP contribution in [0.2, 0.25) is 0 Å². The summed E-state index contributed by atoms with van der Waals surface area (Å²) in [5.74, 6) is 1.00. The molecule has 0 spiro atoms. The van der Waals surface area contributed by atoms with E-state index in [1.807, 2.05) is 24.3 Å². The number of anilines is 1. The molecule has 0 aliphatic carbocycles. The molecule has 2 rings (SSSR count). The van der Waals surface area contributed by atoms with E-state index in [1.54, 1.807) is 0 Å². The number of para-hydroxylation sites is 1. The van der Waals surface area contributed by atoms with Gasteiger partial charge < -0.3 is 5.32 Å². The number of amidine groups is 1. The molecule has 0 amide bonds. The second-order valence-electron chi connectivity index (χ2n) is 3.57. The van der Waals surface area contributed by atoms with Crippen LogP contribution in [0.5, 0.6) is 0 Å². The minimum absolute atomic E-state index is 0.672. The van der Waals surface area contributed by atoms with Crippen molar-refractivity contribution in [3.8, 4) is 6.07 Å². The summed E-state index contributed by atoms with van der Waals surface area (Å²) in [5.41, 5.74) is 1.53. The standard InChI is InChI=1S/C12H13N3/c13-9-10-5-1-2-6-11(10)15-12-7-3-4-8-14-12/h1-2,5-6H,3-4,7-8H2,(H,14,15). The van der Waals surface area contributed by atoms with Crippen LogP contribution >= 0.6 is 0 Å². The van der Waals surface area contributed by atoms with E-state index in [4.69, 9.17) is 5.26 Å². The first-order valence-corrected chi connectivity index (χ1v) is 5.19. The molecule has 1 heterocycles. The predicted octanol–water partition coefficient (Wildman–Crippen LogP) is 2.55. The van der Waals surface area contributed by atoms with E-state index >= 15 is 0 Å². The van der Waals surface area contributed by atoms with E-state index in [-0.39, 0.29) is 0 Å². The van der Waals surface area contributed by atoms with Crippen molar-refractivity contribution in [2.24, 2.45) is 4.99 Å². The van der Waals surface area contributed by atoms with Crippen LogP contribution in [0.3, 0.4) is 0 Å². The maximum atomic E-state index is 8.92. The number of aliphatic imine (C=N–C) groups is 1. The van der Waals surface area contributed by atoms with E-state index in [2.05, 4.69) is 16.4 Å². The van der Waals surface area contributed by atoms with Crippen molar-refractivity contribution in [2.45, 2.75) is 19.3 Å². The Hall–Kier alpha value is -1.82. The van der Waals surface area contributed by atoms with Crippen molar-refractivity contribution in [2.75, 3.05) is 11.9 Å². The average Bonchev–Trinajstić information content (AvgIpc) is 2.31. The largest absolute Gasteiger partial charge is 0.343 e. The first-order valence-electron chi connectivity index (χ1n) is 5.19. The van der Waals surface area contributed by atoms with Gasteiger partial charge in [-0.15, -0.1) is 0 Å². The summed E-state index contributed by atoms with van der Waals surface area (Å²) in [7, 11) is 0. The molecule has 0 aromatic heterocycles. The molecule has 3 nitrogen and oxygen atoms in total. The molecule has 1 N–H and O–H groups in total. The van der Waals surface area contributed by atoms with E-state index in [9.17, 15) is 0 Å². The fourth-order valence-corrected chi connectivity index (χ4v) is 1.64. The Morgan fingerprint density at radius 3 is 2.87 bits per heavy atom. The molecule has 1 aliphatic rings. The van der Waals surface area contributed by atoms with Crippen LogP contribution in [0.15, 0.2) is 29.3 Å². The van der Waals surface area contributed by atoms with Crippen molar-refractivity contribution < 1.29 is 0 Å². The summed E-state index contributed by atoms with van der Waals surface area (Å²) < 4.78 is 0. The highest BCUT2D eigenvalue weighted by atomic mass is 15.0. The molecule has 3 heteroatoms. The molecule has 0 radical (unpaired) electrons. The van der Waals surface area contributed by atoms with E-state index in [0.29, 0.717) is 5.56 Å². The van der Waals surface area contributed by atoms with Crippen molar-refractivity contribution in [1.29, 1.82) is 5.26 Å². The maximum Gasteiger partial charge on any atom is 0.101 e. The predicted molar refractivity (Wildman–Crippen MR) is 60.9 cm³/mol. The normalized spacial score (nSPS) is 15.3. The first kappa shape index (κ1) is 9.72. The molecule has 1 aliphatic heterocycles. The topological polar surface area (TPSA) is 48.2 Å². The van der Waals surface area contributed by atoms with Gasteiger partial charge in [0.1, 0.15) is 11.9 Å². The lowest BCUT2D eigenvalue weighted by Gasteiger charge is -2.14. The number of nitrogens with zero attached hydrogens (tertiary/aromatic N) is 2. The number of nitriles is 1. The Balaban J connectivity index is 2.17. The number of nitrogens with one attached hydrogen (secondary N) is 1. The van der Waals surface area contributed by atoms with E-state index < -0.39 is 0 Å². The van der Waals surface area contributed by atoms with E-state index in [1.165, 1.54) is 12.8 Å². The zero-order chi connectivity index (χ0) is 10.5. The van der Waals surface area contributed by atoms with E-state index in [0.717, 1.165) is 24.5 Å². The Bertz CT molecular complexity index is 415. The molecule has 76 valence electrons. The molecule has 0 saturated heterocycles. The zero-order valence-corrected chi connectivity index (χ0v) is 8.53. The lowest BCUT2D eigenvalue weighted by atomic mass is 10.1. The van der Waals surface area contributed by atoms with Gasteiger partial charge in [-0.05, 0) is 25.0 Å². The van der Waals surface area contributed by atoms with Gasteiger partial charge in [0.05, 0.1) is 11.3 Å². The van der Waals surface area contributed by atoms with Crippen LogP contribution in [0.25, 0.3) is 0 Å². The van der Waals surface area contributed by atoms with Crippen LogP contribution in [0.1, 0.15) is 24.8 Å². The van der Waals surface area contributed by atoms with Crippen LogP contribution < -0.4 is 5.32 Å². The third-order valence-electron chi connectivity index (χ3n) is 2.45. The van der Waals surface area contributed by atoms with Gasteiger partial charge in [-0.1, -0.05) is 12.1 Å². The summed E-state index contributed by atoms with van der Waals surface area (Å²) in [6, 6.07) is 9.68. The number of hydrogen-bond donors (Lipinski definition) is 1. The quantitative estimate of drug-likeness (QED) is 0.755. The summed E-state index contributed by atoms with van der Waals surface area (Å²) in [5, 5.41) is 12.1. The fraction of sp³-hybridized carbons (Fsp3) is 0.333. The summed E-state index contributed by atoms with van der Waals surface area (Å²) in [6.45, 7) is 0.900. The highest BCUT2D eigenvalue weighted by molar-refractivity contribution is 5.96. The van der Waals surface area contributed by atoms with Gasteiger partial charge in [0.15, 0.2) is 0 Å².